The predicted octanol–water partition coefficient (Wildman–Crippen LogP) is 8.66. The monoisotopic (exact) mass is 1200 g/mol. The minimum Gasteiger partial charge on any atom is -0.872 e. The number of fused-ring (bicyclic) bond motifs is 3. The molecule has 6 aromatic carbocycles. The second-order valence-electron chi connectivity index (χ2n) is 17.8. The zero-order valence-electron chi connectivity index (χ0n) is 42.0. The predicted molar refractivity (Wildman–Crippen MR) is 277 cm³/mol. The summed E-state index contributed by atoms with van der Waals surface area (Å²) in [5, 5.41) is 71.7. The Morgan fingerprint density at radius 1 is 0.392 bits per heavy atom. The normalized spacial score (nSPS) is 11.9. The van der Waals surface area contributed by atoms with Gasteiger partial charge in [0, 0.05) is 106 Å². The molecule has 21 nitrogen and oxygen atoms in total. The first-order valence-corrected chi connectivity index (χ1v) is 23.5. The first-order valence-electron chi connectivity index (χ1n) is 23.5. The minimum atomic E-state index is -0.832. The maximum atomic E-state index is 12.8. The van der Waals surface area contributed by atoms with E-state index in [-0.39, 0.29) is 139 Å². The number of hydrogen-bond acceptors (Lipinski definition) is 18. The molecule has 0 aliphatic rings. The molecule has 0 N–H and O–H groups in total. The van der Waals surface area contributed by atoms with Crippen molar-refractivity contribution in [1.82, 2.24) is 0 Å². The molecule has 0 saturated carbocycles. The number of nitro benzene ring substituents is 3. The van der Waals surface area contributed by atoms with Crippen molar-refractivity contribution in [3.8, 4) is 17.2 Å². The van der Waals surface area contributed by atoms with Crippen LogP contribution in [0.2, 0.25) is 0 Å². The third-order valence-corrected chi connectivity index (χ3v) is 12.4. The molecule has 79 heavy (non-hydrogen) atoms. The number of hydrogen-bond donors (Lipinski definition) is 0. The zero-order valence-corrected chi connectivity index (χ0v) is 45.6. The molecule has 0 aliphatic heterocycles. The fourth-order valence-corrected chi connectivity index (χ4v) is 8.82. The minimum absolute atomic E-state index is 0. The first kappa shape index (κ1) is 59.0. The van der Waals surface area contributed by atoms with Crippen LogP contribution in [0, 0.1) is 65.9 Å². The Balaban J connectivity index is 0.000000190. The van der Waals surface area contributed by atoms with Gasteiger partial charge in [0.25, 0.3) is 17.1 Å². The van der Waals surface area contributed by atoms with Crippen molar-refractivity contribution in [3.63, 3.8) is 0 Å². The average Bonchev–Trinajstić information content (AvgIpc) is 3.54. The van der Waals surface area contributed by atoms with Crippen LogP contribution >= 0.6 is 0 Å². The van der Waals surface area contributed by atoms with Gasteiger partial charge in [-0.05, 0) is 55.7 Å². The standard InChI is InChI=1S/3C19H15NO6.La/c3*1-11(21)10-15(12-6-8-13(9-7-12)20(24)25)17-18(22)14-4-2-3-5-16(14)26-19(17)23;/h3*2-9,15,22H,10H2,1H3;/q;;;+3/p-3. The summed E-state index contributed by atoms with van der Waals surface area (Å²) < 4.78 is 15.7. The number of carbonyl (C=O) groups excluding carboxylic acids is 3. The van der Waals surface area contributed by atoms with Crippen molar-refractivity contribution in [2.75, 3.05) is 0 Å². The number of nitrogens with zero attached hydrogens (tertiary/aromatic N) is 3. The summed E-state index contributed by atoms with van der Waals surface area (Å²) >= 11 is 0. The fraction of sp³-hybridized carbons (Fsp3) is 0.158. The van der Waals surface area contributed by atoms with Crippen molar-refractivity contribution in [2.45, 2.75) is 57.8 Å². The largest absolute Gasteiger partial charge is 3.00 e. The Labute approximate surface area is 473 Å². The van der Waals surface area contributed by atoms with E-state index < -0.39 is 66.6 Å². The third kappa shape index (κ3) is 13.7. The molecular weight excluding hydrogens is 1150 g/mol. The number of rotatable bonds is 15. The van der Waals surface area contributed by atoms with E-state index in [0.717, 1.165) is 0 Å². The molecule has 0 radical (unpaired) electrons. The molecule has 9 rings (SSSR count). The van der Waals surface area contributed by atoms with E-state index >= 15 is 0 Å². The van der Waals surface area contributed by atoms with Crippen LogP contribution in [-0.2, 0) is 14.4 Å². The SMILES string of the molecule is CC(=O)CC(c1ccc([N+](=O)[O-])cc1)c1c([O-])c2ccccc2oc1=O.CC(=O)CC(c1ccc([N+](=O)[O-])cc1)c1c([O-])c2ccccc2oc1=O.CC(=O)CC(c1ccc([N+](=O)[O-])cc1)c1c([O-])c2ccccc2oc1=O.[La+3]. The molecule has 0 spiro atoms. The second kappa shape index (κ2) is 25.7. The van der Waals surface area contributed by atoms with Gasteiger partial charge >= 0.3 is 52.5 Å². The second-order valence-corrected chi connectivity index (χ2v) is 17.8. The molecule has 396 valence electrons. The van der Waals surface area contributed by atoms with Gasteiger partial charge in [-0.25, -0.2) is 14.4 Å². The molecule has 0 bridgehead atoms. The van der Waals surface area contributed by atoms with Gasteiger partial charge in [0.15, 0.2) is 0 Å². The maximum Gasteiger partial charge on any atom is 3.00 e. The van der Waals surface area contributed by atoms with E-state index in [4.69, 9.17) is 13.3 Å². The summed E-state index contributed by atoms with van der Waals surface area (Å²) in [6, 6.07) is 35.4. The van der Waals surface area contributed by atoms with Gasteiger partial charge in [-0.1, -0.05) is 108 Å². The number of carbonyl (C=O) groups is 3. The number of Topliss-reactive ketones (excluding diaryl/α,β-unsaturated/α-hetero) is 3. The van der Waals surface area contributed by atoms with Crippen LogP contribution in [0.3, 0.4) is 0 Å². The Hall–Kier alpha value is -9.25. The Morgan fingerprint density at radius 3 is 0.810 bits per heavy atom. The van der Waals surface area contributed by atoms with E-state index in [2.05, 4.69) is 0 Å². The van der Waals surface area contributed by atoms with Crippen molar-refractivity contribution >= 4 is 67.3 Å². The Bertz CT molecular complexity index is 3570. The number of ketones is 3. The van der Waals surface area contributed by atoms with Gasteiger partial charge in [-0.3, -0.25) is 44.7 Å². The number of non-ortho nitro benzene ring substituents is 3. The third-order valence-electron chi connectivity index (χ3n) is 12.4. The zero-order chi connectivity index (χ0) is 56.5. The summed E-state index contributed by atoms with van der Waals surface area (Å²) in [6.07, 6.45) is -0.261. The van der Waals surface area contributed by atoms with E-state index in [1.54, 1.807) is 54.6 Å². The van der Waals surface area contributed by atoms with Gasteiger partial charge in [0.1, 0.15) is 34.1 Å². The van der Waals surface area contributed by atoms with Crippen molar-refractivity contribution in [1.29, 1.82) is 0 Å². The van der Waals surface area contributed by atoms with Gasteiger partial charge < -0.3 is 28.6 Å². The molecule has 3 atom stereocenters. The molecule has 22 heteroatoms. The molecule has 3 aromatic heterocycles. The first-order chi connectivity index (χ1) is 37.1. The molecule has 0 fully saturated rings. The van der Waals surface area contributed by atoms with Gasteiger partial charge in [-0.2, -0.15) is 0 Å². The summed E-state index contributed by atoms with van der Waals surface area (Å²) in [4.78, 5) is 103. The number of benzene rings is 6. The number of nitro groups is 3. The fourth-order valence-electron chi connectivity index (χ4n) is 8.82. The molecule has 3 heterocycles. The van der Waals surface area contributed by atoms with Crippen LogP contribution < -0.4 is 32.2 Å². The van der Waals surface area contributed by atoms with Crippen LogP contribution in [0.5, 0.6) is 17.2 Å². The quantitative estimate of drug-likeness (QED) is 0.0526. The Morgan fingerprint density at radius 2 is 0.608 bits per heavy atom. The average molecular weight is 1200 g/mol. The van der Waals surface area contributed by atoms with Crippen molar-refractivity contribution in [3.05, 3.63) is 241 Å². The van der Waals surface area contributed by atoms with E-state index in [0.29, 0.717) is 16.7 Å². The van der Waals surface area contributed by atoms with E-state index in [9.17, 15) is 74.4 Å². The van der Waals surface area contributed by atoms with Crippen LogP contribution in [-0.4, -0.2) is 32.1 Å². The Kier molecular flexibility index (Phi) is 19.2. The summed E-state index contributed by atoms with van der Waals surface area (Å²) in [5.41, 5.74) is -1.30. The summed E-state index contributed by atoms with van der Waals surface area (Å²) in [6.45, 7) is 4.06. The molecular formula is C57H42LaN3O18. The van der Waals surface area contributed by atoms with Crippen LogP contribution in [0.15, 0.2) is 173 Å². The van der Waals surface area contributed by atoms with Crippen molar-refractivity contribution < 1.29 is 93.3 Å². The van der Waals surface area contributed by atoms with E-state index in [1.165, 1.54) is 112 Å². The summed E-state index contributed by atoms with van der Waals surface area (Å²) in [7, 11) is 0. The van der Waals surface area contributed by atoms with Crippen LogP contribution in [0.1, 0.15) is 91.2 Å². The molecule has 3 unspecified atom stereocenters. The molecule has 9 aromatic rings. The number of para-hydroxylation sites is 3. The van der Waals surface area contributed by atoms with Crippen LogP contribution in [0.25, 0.3) is 32.9 Å². The molecule has 0 amide bonds. The summed E-state index contributed by atoms with van der Waals surface area (Å²) in [5.74, 6) is -4.66. The van der Waals surface area contributed by atoms with Gasteiger partial charge in [-0.15, -0.1) is 0 Å². The topological polar surface area (TPSA) is 340 Å². The van der Waals surface area contributed by atoms with Gasteiger partial charge in [0.2, 0.25) is 0 Å². The maximum absolute atomic E-state index is 12.8. The molecule has 0 aliphatic carbocycles. The van der Waals surface area contributed by atoms with Crippen LogP contribution in [0.4, 0.5) is 17.1 Å². The smallest absolute Gasteiger partial charge is 0.872 e. The van der Waals surface area contributed by atoms with Crippen molar-refractivity contribution in [2.24, 2.45) is 0 Å². The van der Waals surface area contributed by atoms with E-state index in [1.807, 2.05) is 0 Å². The van der Waals surface area contributed by atoms with Gasteiger partial charge in [0.05, 0.1) is 14.8 Å². The molecule has 0 saturated heterocycles.